The Bertz CT molecular complexity index is 273. The SMILES string of the molecule is CC(C)(C)OC(=O)CCN(CC1CC1)CC1CC1. The zero-order valence-electron chi connectivity index (χ0n) is 12.1. The van der Waals surface area contributed by atoms with E-state index in [9.17, 15) is 4.79 Å². The Morgan fingerprint density at radius 2 is 1.61 bits per heavy atom. The van der Waals surface area contributed by atoms with Gasteiger partial charge >= 0.3 is 5.97 Å². The molecule has 104 valence electrons. The van der Waals surface area contributed by atoms with Gasteiger partial charge in [0.2, 0.25) is 0 Å². The second kappa shape index (κ2) is 5.60. The van der Waals surface area contributed by atoms with Crippen molar-refractivity contribution in [3.05, 3.63) is 0 Å². The Balaban J connectivity index is 1.68. The highest BCUT2D eigenvalue weighted by atomic mass is 16.6. The van der Waals surface area contributed by atoms with E-state index in [0.717, 1.165) is 18.4 Å². The van der Waals surface area contributed by atoms with E-state index in [1.54, 1.807) is 0 Å². The summed E-state index contributed by atoms with van der Waals surface area (Å²) in [6.07, 6.45) is 6.07. The van der Waals surface area contributed by atoms with E-state index in [0.29, 0.717) is 6.42 Å². The van der Waals surface area contributed by atoms with Gasteiger partial charge in [-0.05, 0) is 58.3 Å². The quantitative estimate of drug-likeness (QED) is 0.653. The summed E-state index contributed by atoms with van der Waals surface area (Å²) in [5.74, 6) is 1.75. The third-order valence-corrected chi connectivity index (χ3v) is 3.48. The van der Waals surface area contributed by atoms with Gasteiger partial charge < -0.3 is 9.64 Å². The molecule has 3 heteroatoms. The molecule has 0 aliphatic heterocycles. The zero-order valence-corrected chi connectivity index (χ0v) is 12.1. The molecule has 0 aromatic rings. The van der Waals surface area contributed by atoms with Gasteiger partial charge in [-0.2, -0.15) is 0 Å². The van der Waals surface area contributed by atoms with E-state index >= 15 is 0 Å². The van der Waals surface area contributed by atoms with Gasteiger partial charge in [-0.3, -0.25) is 4.79 Å². The zero-order chi connectivity index (χ0) is 13.2. The molecule has 0 amide bonds. The van der Waals surface area contributed by atoms with Crippen LogP contribution in [-0.2, 0) is 9.53 Å². The molecule has 0 atom stereocenters. The lowest BCUT2D eigenvalue weighted by molar-refractivity contribution is -0.155. The molecule has 0 radical (unpaired) electrons. The lowest BCUT2D eigenvalue weighted by Crippen LogP contribution is -2.32. The molecule has 2 aliphatic rings. The van der Waals surface area contributed by atoms with E-state index in [2.05, 4.69) is 4.90 Å². The van der Waals surface area contributed by atoms with E-state index in [4.69, 9.17) is 4.74 Å². The normalized spacial score (nSPS) is 20.2. The van der Waals surface area contributed by atoms with Crippen LogP contribution in [0.2, 0.25) is 0 Å². The van der Waals surface area contributed by atoms with Gasteiger partial charge in [-0.15, -0.1) is 0 Å². The molecule has 2 fully saturated rings. The highest BCUT2D eigenvalue weighted by Crippen LogP contribution is 2.33. The lowest BCUT2D eigenvalue weighted by atomic mass is 10.2. The summed E-state index contributed by atoms with van der Waals surface area (Å²) < 4.78 is 5.36. The summed E-state index contributed by atoms with van der Waals surface area (Å²) in [4.78, 5) is 14.2. The summed E-state index contributed by atoms with van der Waals surface area (Å²) in [5, 5.41) is 0. The molecular formula is C15H27NO2. The van der Waals surface area contributed by atoms with Gasteiger partial charge in [0.05, 0.1) is 6.42 Å². The fraction of sp³-hybridized carbons (Fsp3) is 0.933. The van der Waals surface area contributed by atoms with Crippen molar-refractivity contribution in [3.8, 4) is 0 Å². The van der Waals surface area contributed by atoms with Gasteiger partial charge in [-0.1, -0.05) is 0 Å². The first kappa shape index (κ1) is 13.9. The molecule has 2 rings (SSSR count). The van der Waals surface area contributed by atoms with Gasteiger partial charge in [0, 0.05) is 19.6 Å². The number of hydrogen-bond donors (Lipinski definition) is 0. The molecule has 0 unspecified atom stereocenters. The van der Waals surface area contributed by atoms with Crippen molar-refractivity contribution in [2.75, 3.05) is 19.6 Å². The Labute approximate surface area is 111 Å². The average Bonchev–Trinajstić information content (AvgIpc) is 3.05. The summed E-state index contributed by atoms with van der Waals surface area (Å²) in [6, 6.07) is 0. The molecule has 2 aliphatic carbocycles. The van der Waals surface area contributed by atoms with Crippen molar-refractivity contribution in [2.45, 2.75) is 58.5 Å². The molecule has 0 bridgehead atoms. The van der Waals surface area contributed by atoms with Crippen LogP contribution in [0.25, 0.3) is 0 Å². The summed E-state index contributed by atoms with van der Waals surface area (Å²) >= 11 is 0. The average molecular weight is 253 g/mol. The highest BCUT2D eigenvalue weighted by Gasteiger charge is 2.29. The van der Waals surface area contributed by atoms with Crippen molar-refractivity contribution >= 4 is 5.97 Å². The van der Waals surface area contributed by atoms with Gasteiger partial charge in [0.25, 0.3) is 0 Å². The molecule has 2 saturated carbocycles. The summed E-state index contributed by atoms with van der Waals surface area (Å²) in [7, 11) is 0. The smallest absolute Gasteiger partial charge is 0.307 e. The van der Waals surface area contributed by atoms with Crippen molar-refractivity contribution < 1.29 is 9.53 Å². The first-order valence-corrected chi connectivity index (χ1v) is 7.36. The largest absolute Gasteiger partial charge is 0.460 e. The Hall–Kier alpha value is -0.570. The standard InChI is InChI=1S/C15H27NO2/c1-15(2,3)18-14(17)8-9-16(10-12-4-5-12)11-13-6-7-13/h12-13H,4-11H2,1-3H3. The van der Waals surface area contributed by atoms with Crippen LogP contribution in [0.3, 0.4) is 0 Å². The Morgan fingerprint density at radius 1 is 1.11 bits per heavy atom. The fourth-order valence-corrected chi connectivity index (χ4v) is 2.23. The highest BCUT2D eigenvalue weighted by molar-refractivity contribution is 5.70. The monoisotopic (exact) mass is 253 g/mol. The number of rotatable bonds is 7. The van der Waals surface area contributed by atoms with Crippen molar-refractivity contribution in [1.29, 1.82) is 0 Å². The van der Waals surface area contributed by atoms with Crippen LogP contribution < -0.4 is 0 Å². The molecule has 18 heavy (non-hydrogen) atoms. The topological polar surface area (TPSA) is 29.5 Å². The van der Waals surface area contributed by atoms with Crippen LogP contribution in [0, 0.1) is 11.8 Å². The number of carbonyl (C=O) groups is 1. The summed E-state index contributed by atoms with van der Waals surface area (Å²) in [5.41, 5.74) is -0.352. The maximum Gasteiger partial charge on any atom is 0.307 e. The van der Waals surface area contributed by atoms with E-state index in [1.165, 1.54) is 38.8 Å². The minimum absolute atomic E-state index is 0.0564. The van der Waals surface area contributed by atoms with Crippen LogP contribution in [0.15, 0.2) is 0 Å². The van der Waals surface area contributed by atoms with Crippen LogP contribution in [0.1, 0.15) is 52.9 Å². The second-order valence-corrected chi connectivity index (χ2v) is 6.98. The van der Waals surface area contributed by atoms with E-state index < -0.39 is 0 Å². The maximum absolute atomic E-state index is 11.7. The number of ether oxygens (including phenoxy) is 1. The number of carbonyl (C=O) groups excluding carboxylic acids is 1. The molecule has 0 spiro atoms. The second-order valence-electron chi connectivity index (χ2n) is 6.98. The van der Waals surface area contributed by atoms with Crippen LogP contribution >= 0.6 is 0 Å². The predicted octanol–water partition coefficient (Wildman–Crippen LogP) is 2.84. The van der Waals surface area contributed by atoms with Gasteiger partial charge in [0.1, 0.15) is 5.60 Å². The number of nitrogens with zero attached hydrogens (tertiary/aromatic N) is 1. The minimum atomic E-state index is -0.352. The lowest BCUT2D eigenvalue weighted by Gasteiger charge is -2.23. The first-order chi connectivity index (χ1) is 8.42. The Kier molecular flexibility index (Phi) is 4.31. The fourth-order valence-electron chi connectivity index (χ4n) is 2.23. The van der Waals surface area contributed by atoms with Crippen LogP contribution in [0.5, 0.6) is 0 Å². The van der Waals surface area contributed by atoms with Gasteiger partial charge in [-0.25, -0.2) is 0 Å². The first-order valence-electron chi connectivity index (χ1n) is 7.36. The van der Waals surface area contributed by atoms with Crippen molar-refractivity contribution in [1.82, 2.24) is 4.90 Å². The third-order valence-electron chi connectivity index (χ3n) is 3.48. The van der Waals surface area contributed by atoms with Crippen LogP contribution in [0.4, 0.5) is 0 Å². The van der Waals surface area contributed by atoms with Crippen molar-refractivity contribution in [3.63, 3.8) is 0 Å². The van der Waals surface area contributed by atoms with Crippen LogP contribution in [-0.4, -0.2) is 36.1 Å². The number of esters is 1. The molecule has 0 aromatic heterocycles. The Morgan fingerprint density at radius 3 is 2.00 bits per heavy atom. The molecular weight excluding hydrogens is 226 g/mol. The molecule has 0 N–H and O–H groups in total. The van der Waals surface area contributed by atoms with E-state index in [-0.39, 0.29) is 11.6 Å². The summed E-state index contributed by atoms with van der Waals surface area (Å²) in [6.45, 7) is 9.05. The van der Waals surface area contributed by atoms with E-state index in [1.807, 2.05) is 20.8 Å². The maximum atomic E-state index is 11.7. The predicted molar refractivity (Wildman–Crippen MR) is 72.4 cm³/mol. The third kappa shape index (κ3) is 5.85. The van der Waals surface area contributed by atoms with Crippen molar-refractivity contribution in [2.24, 2.45) is 11.8 Å². The molecule has 0 saturated heterocycles. The molecule has 0 heterocycles. The van der Waals surface area contributed by atoms with Gasteiger partial charge in [0.15, 0.2) is 0 Å². The molecule has 3 nitrogen and oxygen atoms in total. The number of hydrogen-bond acceptors (Lipinski definition) is 3. The minimum Gasteiger partial charge on any atom is -0.460 e. The molecule has 0 aromatic carbocycles.